The van der Waals surface area contributed by atoms with E-state index in [9.17, 15) is 19.4 Å². The lowest BCUT2D eigenvalue weighted by Gasteiger charge is -2.24. The smallest absolute Gasteiger partial charge is 0.285 e. The molecule has 0 aliphatic carbocycles. The van der Waals surface area contributed by atoms with Gasteiger partial charge in [0.15, 0.2) is 17.7 Å². The van der Waals surface area contributed by atoms with Crippen LogP contribution >= 0.6 is 0 Å². The van der Waals surface area contributed by atoms with E-state index in [0.29, 0.717) is 4.68 Å². The Morgan fingerprint density at radius 1 is 1.54 bits per heavy atom. The average Bonchev–Trinajstić information content (AvgIpc) is 3.01. The number of halogens is 2. The van der Waals surface area contributed by atoms with E-state index in [0.717, 1.165) is 10.8 Å². The Balaban J connectivity index is 2.28. The van der Waals surface area contributed by atoms with Gasteiger partial charge in [-0.3, -0.25) is 9.36 Å². The van der Waals surface area contributed by atoms with Crippen molar-refractivity contribution < 1.29 is 23.7 Å². The summed E-state index contributed by atoms with van der Waals surface area (Å²) < 4.78 is 36.6. The van der Waals surface area contributed by atoms with E-state index in [2.05, 4.69) is 16.8 Å². The fraction of sp³-hybridized carbons (Fsp3) is 0.467. The molecule has 1 saturated heterocycles. The number of alkyl halides is 1. The van der Waals surface area contributed by atoms with Gasteiger partial charge in [-0.25, -0.2) is 8.78 Å². The van der Waals surface area contributed by atoms with E-state index >= 15 is 4.39 Å². The Hall–Kier alpha value is -2.68. The Morgan fingerprint density at radius 3 is 2.77 bits per heavy atom. The fourth-order valence-corrected chi connectivity index (χ4v) is 3.04. The van der Waals surface area contributed by atoms with Crippen LogP contribution < -0.4 is 17.1 Å². The van der Waals surface area contributed by atoms with Crippen molar-refractivity contribution in [2.75, 3.05) is 11.6 Å². The lowest BCUT2D eigenvalue weighted by Crippen LogP contribution is -2.44. The van der Waals surface area contributed by atoms with Crippen molar-refractivity contribution >= 4 is 17.0 Å². The van der Waals surface area contributed by atoms with Gasteiger partial charge in [0.25, 0.3) is 5.56 Å². The number of fused-ring (bicyclic) bond motifs is 1. The molecule has 26 heavy (non-hydrogen) atoms. The Kier molecular flexibility index (Phi) is 4.14. The van der Waals surface area contributed by atoms with Gasteiger partial charge in [0.05, 0.1) is 6.10 Å². The van der Waals surface area contributed by atoms with Crippen LogP contribution in [0.4, 0.5) is 14.7 Å². The number of nitrogen functional groups attached to an aromatic ring is 2. The van der Waals surface area contributed by atoms with Crippen molar-refractivity contribution in [3.8, 4) is 11.8 Å². The van der Waals surface area contributed by atoms with Gasteiger partial charge in [0.2, 0.25) is 11.6 Å². The highest BCUT2D eigenvalue weighted by Crippen LogP contribution is 2.43. The number of aromatic nitrogens is 3. The van der Waals surface area contributed by atoms with Gasteiger partial charge in [-0.2, -0.15) is 9.66 Å². The third-order valence-corrected chi connectivity index (χ3v) is 4.29. The third kappa shape index (κ3) is 2.34. The van der Waals surface area contributed by atoms with Crippen LogP contribution in [0.15, 0.2) is 11.0 Å². The highest BCUT2D eigenvalue weighted by molar-refractivity contribution is 5.77. The number of aliphatic hydroxyl groups is 2. The molecule has 9 nitrogen and oxygen atoms in total. The lowest BCUT2D eigenvalue weighted by molar-refractivity contribution is -0.0776. The molecule has 140 valence electrons. The van der Waals surface area contributed by atoms with E-state index < -0.39 is 52.9 Å². The molecular weight excluding hydrogens is 352 g/mol. The van der Waals surface area contributed by atoms with Crippen molar-refractivity contribution in [2.45, 2.75) is 44.1 Å². The van der Waals surface area contributed by atoms with Gasteiger partial charge >= 0.3 is 0 Å². The fourth-order valence-electron chi connectivity index (χ4n) is 3.04. The summed E-state index contributed by atoms with van der Waals surface area (Å²) in [4.78, 5) is 16.0. The van der Waals surface area contributed by atoms with E-state index in [4.69, 9.17) is 16.3 Å². The normalized spacial score (nSPS) is 29.5. The van der Waals surface area contributed by atoms with Crippen LogP contribution in [-0.2, 0) is 4.74 Å². The van der Waals surface area contributed by atoms with Gasteiger partial charge in [-0.15, -0.1) is 5.92 Å². The first-order valence-corrected chi connectivity index (χ1v) is 7.61. The second kappa shape index (κ2) is 5.94. The molecule has 1 aliphatic heterocycles. The SMILES string of the molecule is CC#C[C@@]1(F)C(O)[C@@H]([C@@H](C)O)O[C@H]1n1cc(F)c2c(=O)n(N)c(N)nc21. The molecule has 0 aromatic carbocycles. The number of aliphatic hydroxyl groups excluding tert-OH is 2. The molecule has 0 amide bonds. The molecular formula is C15H17F2N5O4. The van der Waals surface area contributed by atoms with Crippen molar-refractivity contribution in [2.24, 2.45) is 0 Å². The first-order valence-electron chi connectivity index (χ1n) is 7.61. The molecule has 3 rings (SSSR count). The zero-order chi connectivity index (χ0) is 19.4. The Bertz CT molecular complexity index is 992. The van der Waals surface area contributed by atoms with E-state index in [1.165, 1.54) is 13.8 Å². The highest BCUT2D eigenvalue weighted by Gasteiger charge is 2.59. The Labute approximate surface area is 145 Å². The summed E-state index contributed by atoms with van der Waals surface area (Å²) in [6, 6.07) is 0. The minimum absolute atomic E-state index is 0.324. The monoisotopic (exact) mass is 369 g/mol. The standard InChI is InChI=1S/C15H17F2N5O4/c1-3-4-15(17)10(24)9(6(2)23)26-13(15)21-5-7(16)8-11(21)20-14(18)22(19)12(8)25/h5-6,9-10,13,23-24H,19H2,1-2H3,(H2,18,20)/t6-,9-,10?,13-,15-/m1/s1. The van der Waals surface area contributed by atoms with Crippen LogP contribution in [-0.4, -0.2) is 48.4 Å². The summed E-state index contributed by atoms with van der Waals surface area (Å²) in [5.74, 6) is 8.49. The molecule has 0 saturated carbocycles. The van der Waals surface area contributed by atoms with E-state index in [1.54, 1.807) is 0 Å². The van der Waals surface area contributed by atoms with E-state index in [1.807, 2.05) is 0 Å². The zero-order valence-electron chi connectivity index (χ0n) is 13.8. The van der Waals surface area contributed by atoms with Crippen LogP contribution in [0.5, 0.6) is 0 Å². The van der Waals surface area contributed by atoms with Gasteiger partial charge in [-0.05, 0) is 13.8 Å². The van der Waals surface area contributed by atoms with Crippen molar-refractivity contribution in [3.63, 3.8) is 0 Å². The molecule has 6 N–H and O–H groups in total. The minimum atomic E-state index is -2.69. The maximum Gasteiger partial charge on any atom is 0.285 e. The van der Waals surface area contributed by atoms with Crippen LogP contribution in [0.3, 0.4) is 0 Å². The number of ether oxygens (including phenoxy) is 1. The summed E-state index contributed by atoms with van der Waals surface area (Å²) in [7, 11) is 0. The molecule has 1 unspecified atom stereocenters. The number of anilines is 1. The Morgan fingerprint density at radius 2 is 2.19 bits per heavy atom. The summed E-state index contributed by atoms with van der Waals surface area (Å²) >= 11 is 0. The predicted molar refractivity (Wildman–Crippen MR) is 87.4 cm³/mol. The minimum Gasteiger partial charge on any atom is -0.391 e. The topological polar surface area (TPSA) is 142 Å². The predicted octanol–water partition coefficient (Wildman–Crippen LogP) is -0.996. The number of nitrogens with two attached hydrogens (primary N) is 2. The average molecular weight is 369 g/mol. The van der Waals surface area contributed by atoms with Gasteiger partial charge in [0, 0.05) is 6.20 Å². The van der Waals surface area contributed by atoms with Crippen molar-refractivity contribution in [1.29, 1.82) is 0 Å². The van der Waals surface area contributed by atoms with Crippen LogP contribution in [0.2, 0.25) is 0 Å². The molecule has 2 aromatic heterocycles. The molecule has 11 heteroatoms. The largest absolute Gasteiger partial charge is 0.391 e. The first-order chi connectivity index (χ1) is 12.1. The van der Waals surface area contributed by atoms with Gasteiger partial charge in [-0.1, -0.05) is 5.92 Å². The molecule has 1 fully saturated rings. The molecule has 0 spiro atoms. The van der Waals surface area contributed by atoms with Crippen LogP contribution in [0, 0.1) is 17.7 Å². The van der Waals surface area contributed by atoms with Gasteiger partial charge in [0.1, 0.15) is 17.6 Å². The van der Waals surface area contributed by atoms with Crippen LogP contribution in [0.25, 0.3) is 11.0 Å². The molecule has 1 aliphatic rings. The zero-order valence-corrected chi connectivity index (χ0v) is 13.8. The van der Waals surface area contributed by atoms with Crippen molar-refractivity contribution in [1.82, 2.24) is 14.2 Å². The molecule has 3 heterocycles. The number of nitrogens with zero attached hydrogens (tertiary/aromatic N) is 3. The number of hydrogen-bond donors (Lipinski definition) is 4. The summed E-state index contributed by atoms with van der Waals surface area (Å²) in [6.07, 6.45) is -5.30. The van der Waals surface area contributed by atoms with Crippen molar-refractivity contribution in [3.05, 3.63) is 22.4 Å². The maximum atomic E-state index is 15.5. The second-order valence-electron chi connectivity index (χ2n) is 6.01. The summed E-state index contributed by atoms with van der Waals surface area (Å²) in [5, 5.41) is 19.5. The van der Waals surface area contributed by atoms with Crippen LogP contribution in [0.1, 0.15) is 20.1 Å². The molecule has 0 radical (unpaired) electrons. The second-order valence-corrected chi connectivity index (χ2v) is 6.01. The molecule has 5 atom stereocenters. The highest BCUT2D eigenvalue weighted by atomic mass is 19.1. The number of rotatable bonds is 2. The first kappa shape index (κ1) is 18.1. The summed E-state index contributed by atoms with van der Waals surface area (Å²) in [6.45, 7) is 2.65. The van der Waals surface area contributed by atoms with E-state index in [-0.39, 0.29) is 5.65 Å². The lowest BCUT2D eigenvalue weighted by atomic mass is 9.94. The quantitative estimate of drug-likeness (QED) is 0.393. The molecule has 0 bridgehead atoms. The number of hydrogen-bond acceptors (Lipinski definition) is 7. The summed E-state index contributed by atoms with van der Waals surface area (Å²) in [5.41, 5.74) is 1.54. The molecule has 2 aromatic rings. The maximum absolute atomic E-state index is 15.5. The van der Waals surface area contributed by atoms with Gasteiger partial charge < -0.3 is 26.5 Å². The third-order valence-electron chi connectivity index (χ3n) is 4.29.